The molecule has 5 rings (SSSR count). The number of nitrogens with zero attached hydrogens (tertiary/aromatic N) is 5. The molecule has 3 heterocycles. The summed E-state index contributed by atoms with van der Waals surface area (Å²) in [6.07, 6.45) is 3.41. The summed E-state index contributed by atoms with van der Waals surface area (Å²) in [7, 11) is 1.81. The van der Waals surface area contributed by atoms with Crippen molar-refractivity contribution < 1.29 is 4.79 Å². The Hall–Kier alpha value is -3.11. The number of hydrogen-bond donors (Lipinski definition) is 1. The van der Waals surface area contributed by atoms with Gasteiger partial charge in [-0.05, 0) is 56.7 Å². The highest BCUT2D eigenvalue weighted by atomic mass is 32.2. The molecular formula is C26H30N6O2S2. The van der Waals surface area contributed by atoms with Crippen LogP contribution in [0.25, 0.3) is 17.1 Å². The lowest BCUT2D eigenvalue weighted by Crippen LogP contribution is -2.23. The number of thioether (sulfide) groups is 1. The summed E-state index contributed by atoms with van der Waals surface area (Å²) in [6, 6.07) is 9.39. The van der Waals surface area contributed by atoms with Crippen molar-refractivity contribution in [2.75, 3.05) is 11.1 Å². The van der Waals surface area contributed by atoms with E-state index < -0.39 is 0 Å². The molecule has 0 bridgehead atoms. The third kappa shape index (κ3) is 4.43. The fourth-order valence-corrected chi connectivity index (χ4v) is 6.81. The summed E-state index contributed by atoms with van der Waals surface area (Å²) in [6.45, 7) is 6.92. The molecule has 0 aliphatic heterocycles. The lowest BCUT2D eigenvalue weighted by molar-refractivity contribution is -0.113. The van der Waals surface area contributed by atoms with E-state index in [-0.39, 0.29) is 17.2 Å². The highest BCUT2D eigenvalue weighted by Crippen LogP contribution is 2.38. The van der Waals surface area contributed by atoms with Gasteiger partial charge in [0, 0.05) is 29.4 Å². The lowest BCUT2D eigenvalue weighted by Gasteiger charge is -2.19. The zero-order chi connectivity index (χ0) is 25.4. The fourth-order valence-electron chi connectivity index (χ4n) is 4.76. The van der Waals surface area contributed by atoms with Gasteiger partial charge in [0.15, 0.2) is 11.0 Å². The molecule has 0 saturated carbocycles. The standard InChI is InChI=1S/C26H30N6O2S2/c1-5-31-24(20-14-35-21-13-16(2)11-12-19(20)21)28-29-26(31)36-15-22(33)27-23-17(3)30(4)32(25(23)34)18-9-7-6-8-10-18/h6-10,14,16H,5,11-13,15H2,1-4H3,(H,27,33). The number of rotatable bonds is 7. The molecule has 1 amide bonds. The molecule has 10 heteroatoms. The summed E-state index contributed by atoms with van der Waals surface area (Å²) in [5.74, 6) is 1.48. The molecular weight excluding hydrogens is 492 g/mol. The molecule has 0 radical (unpaired) electrons. The van der Waals surface area contributed by atoms with Crippen molar-refractivity contribution in [2.45, 2.75) is 51.7 Å². The average molecular weight is 523 g/mol. The number of carbonyl (C=O) groups is 1. The Morgan fingerprint density at radius 2 is 2.03 bits per heavy atom. The van der Waals surface area contributed by atoms with Gasteiger partial charge in [0.25, 0.3) is 5.56 Å². The highest BCUT2D eigenvalue weighted by Gasteiger charge is 2.25. The smallest absolute Gasteiger partial charge is 0.295 e. The van der Waals surface area contributed by atoms with Crippen LogP contribution in [0.15, 0.2) is 45.7 Å². The number of benzene rings is 1. The third-order valence-corrected chi connectivity index (χ3v) is 8.84. The Labute approximate surface area is 218 Å². The van der Waals surface area contributed by atoms with Gasteiger partial charge in [-0.2, -0.15) is 0 Å². The maximum Gasteiger partial charge on any atom is 0.295 e. The van der Waals surface area contributed by atoms with Crippen LogP contribution in [0.5, 0.6) is 0 Å². The first kappa shape index (κ1) is 24.6. The summed E-state index contributed by atoms with van der Waals surface area (Å²) in [4.78, 5) is 27.4. The van der Waals surface area contributed by atoms with Gasteiger partial charge in [0.1, 0.15) is 5.69 Å². The predicted octanol–water partition coefficient (Wildman–Crippen LogP) is 4.68. The minimum Gasteiger partial charge on any atom is -0.319 e. The summed E-state index contributed by atoms with van der Waals surface area (Å²) in [5, 5.41) is 14.7. The fraction of sp³-hybridized carbons (Fsp3) is 0.385. The second-order valence-corrected chi connectivity index (χ2v) is 11.1. The van der Waals surface area contributed by atoms with E-state index in [1.807, 2.05) is 55.6 Å². The quantitative estimate of drug-likeness (QED) is 0.356. The van der Waals surface area contributed by atoms with E-state index in [9.17, 15) is 9.59 Å². The van der Waals surface area contributed by atoms with Gasteiger partial charge in [-0.15, -0.1) is 21.5 Å². The predicted molar refractivity (Wildman–Crippen MR) is 145 cm³/mol. The van der Waals surface area contributed by atoms with Gasteiger partial charge in [0.05, 0.1) is 17.1 Å². The second-order valence-electron chi connectivity index (χ2n) is 9.22. The number of anilines is 1. The monoisotopic (exact) mass is 522 g/mol. The van der Waals surface area contributed by atoms with Crippen LogP contribution in [0, 0.1) is 12.8 Å². The van der Waals surface area contributed by atoms with Gasteiger partial charge >= 0.3 is 0 Å². The molecule has 0 saturated heterocycles. The number of thiophene rings is 1. The Bertz CT molecular complexity index is 1460. The van der Waals surface area contributed by atoms with Gasteiger partial charge in [-0.25, -0.2) is 4.68 Å². The number of aromatic nitrogens is 5. The number of para-hydroxylation sites is 1. The third-order valence-electron chi connectivity index (χ3n) is 6.83. The zero-order valence-electron chi connectivity index (χ0n) is 20.9. The van der Waals surface area contributed by atoms with Crippen LogP contribution >= 0.6 is 23.1 Å². The Morgan fingerprint density at radius 3 is 2.78 bits per heavy atom. The SMILES string of the molecule is CCn1c(SCC(=O)Nc2c(C)n(C)n(-c3ccccc3)c2=O)nnc1-c1csc2c1CCC(C)C2. The first-order chi connectivity index (χ1) is 17.4. The van der Waals surface area contributed by atoms with Crippen LogP contribution in [0.2, 0.25) is 0 Å². The van der Waals surface area contributed by atoms with Crippen molar-refractivity contribution in [3.8, 4) is 17.1 Å². The highest BCUT2D eigenvalue weighted by molar-refractivity contribution is 7.99. The molecule has 188 valence electrons. The van der Waals surface area contributed by atoms with Crippen molar-refractivity contribution in [1.29, 1.82) is 0 Å². The molecule has 0 spiro atoms. The van der Waals surface area contributed by atoms with Crippen LogP contribution in [-0.4, -0.2) is 35.8 Å². The largest absolute Gasteiger partial charge is 0.319 e. The van der Waals surface area contributed by atoms with E-state index in [0.29, 0.717) is 23.1 Å². The molecule has 4 aromatic rings. The van der Waals surface area contributed by atoms with Gasteiger partial charge in [-0.3, -0.25) is 14.3 Å². The normalized spacial score (nSPS) is 15.2. The van der Waals surface area contributed by atoms with E-state index in [1.54, 1.807) is 9.36 Å². The maximum atomic E-state index is 13.1. The van der Waals surface area contributed by atoms with Gasteiger partial charge in [0.2, 0.25) is 5.91 Å². The van der Waals surface area contributed by atoms with Crippen LogP contribution < -0.4 is 10.9 Å². The first-order valence-electron chi connectivity index (χ1n) is 12.2. The maximum absolute atomic E-state index is 13.1. The van der Waals surface area contributed by atoms with Crippen molar-refractivity contribution in [3.05, 3.63) is 62.2 Å². The van der Waals surface area contributed by atoms with Gasteiger partial charge in [-0.1, -0.05) is 36.9 Å². The summed E-state index contributed by atoms with van der Waals surface area (Å²) >= 11 is 3.16. The molecule has 0 fully saturated rings. The molecule has 1 N–H and O–H groups in total. The molecule has 1 aliphatic carbocycles. The van der Waals surface area contributed by atoms with Crippen molar-refractivity contribution >= 4 is 34.7 Å². The minimum absolute atomic E-state index is 0.135. The number of fused-ring (bicyclic) bond motifs is 1. The Morgan fingerprint density at radius 1 is 1.25 bits per heavy atom. The number of nitrogens with one attached hydrogen (secondary N) is 1. The molecule has 8 nitrogen and oxygen atoms in total. The van der Waals surface area contributed by atoms with E-state index in [4.69, 9.17) is 0 Å². The van der Waals surface area contributed by atoms with E-state index in [1.165, 1.54) is 34.2 Å². The molecule has 1 atom stereocenters. The first-order valence-corrected chi connectivity index (χ1v) is 14.0. The molecule has 1 unspecified atom stereocenters. The van der Waals surface area contributed by atoms with Crippen LogP contribution in [0.3, 0.4) is 0 Å². The second kappa shape index (κ2) is 10.1. The van der Waals surface area contributed by atoms with E-state index in [0.717, 1.165) is 30.3 Å². The Kier molecular flexibility index (Phi) is 6.90. The molecule has 36 heavy (non-hydrogen) atoms. The lowest BCUT2D eigenvalue weighted by atomic mass is 9.88. The van der Waals surface area contributed by atoms with Crippen LogP contribution in [-0.2, 0) is 31.2 Å². The van der Waals surface area contributed by atoms with E-state index in [2.05, 4.69) is 39.3 Å². The molecule has 3 aromatic heterocycles. The number of carbonyl (C=O) groups excluding carboxylic acids is 1. The molecule has 1 aliphatic rings. The Balaban J connectivity index is 1.32. The van der Waals surface area contributed by atoms with E-state index >= 15 is 0 Å². The van der Waals surface area contributed by atoms with Crippen LogP contribution in [0.1, 0.15) is 36.4 Å². The zero-order valence-corrected chi connectivity index (χ0v) is 22.6. The molecule has 1 aromatic carbocycles. The number of amides is 1. The average Bonchev–Trinajstić information content (AvgIpc) is 3.53. The summed E-state index contributed by atoms with van der Waals surface area (Å²) < 4.78 is 5.39. The van der Waals surface area contributed by atoms with Crippen LogP contribution in [0.4, 0.5) is 5.69 Å². The number of hydrogen-bond acceptors (Lipinski definition) is 6. The van der Waals surface area contributed by atoms with Crippen molar-refractivity contribution in [3.63, 3.8) is 0 Å². The van der Waals surface area contributed by atoms with Crippen molar-refractivity contribution in [2.24, 2.45) is 13.0 Å². The topological polar surface area (TPSA) is 86.7 Å². The summed E-state index contributed by atoms with van der Waals surface area (Å²) in [5.41, 5.74) is 4.06. The minimum atomic E-state index is -0.255. The van der Waals surface area contributed by atoms with Gasteiger partial charge < -0.3 is 9.88 Å². The van der Waals surface area contributed by atoms with Crippen molar-refractivity contribution in [1.82, 2.24) is 24.1 Å².